The van der Waals surface area contributed by atoms with Gasteiger partial charge in [-0.3, -0.25) is 0 Å². The predicted molar refractivity (Wildman–Crippen MR) is 59.1 cm³/mol. The van der Waals surface area contributed by atoms with Crippen LogP contribution in [0, 0.1) is 13.8 Å². The summed E-state index contributed by atoms with van der Waals surface area (Å²) in [6.45, 7) is 4.04. The van der Waals surface area contributed by atoms with Crippen molar-refractivity contribution in [3.63, 3.8) is 0 Å². The quantitative estimate of drug-likeness (QED) is 0.724. The molecule has 0 amide bonds. The van der Waals surface area contributed by atoms with Gasteiger partial charge in [0.15, 0.2) is 0 Å². The van der Waals surface area contributed by atoms with Crippen molar-refractivity contribution < 1.29 is 9.53 Å². The first-order valence-electron chi connectivity index (χ1n) is 4.80. The zero-order valence-electron chi connectivity index (χ0n) is 9.05. The van der Waals surface area contributed by atoms with Gasteiger partial charge >= 0.3 is 5.97 Å². The minimum absolute atomic E-state index is 0.329. The van der Waals surface area contributed by atoms with Crippen LogP contribution < -0.4 is 0 Å². The molecule has 0 spiro atoms. The van der Waals surface area contributed by atoms with Gasteiger partial charge in [0.2, 0.25) is 0 Å². The second kappa shape index (κ2) is 3.42. The van der Waals surface area contributed by atoms with E-state index < -0.39 is 0 Å². The molecule has 1 aromatic heterocycles. The van der Waals surface area contributed by atoms with E-state index in [0.29, 0.717) is 5.69 Å². The SMILES string of the molecule is COC(=O)c1cc2c(C)ccc(C)c2[nH]1. The molecule has 0 aliphatic rings. The molecule has 0 aliphatic carbocycles. The Balaban J connectivity index is 2.70. The number of rotatable bonds is 1. The van der Waals surface area contributed by atoms with Gasteiger partial charge in [-0.1, -0.05) is 12.1 Å². The fraction of sp³-hybridized carbons (Fsp3) is 0.250. The number of carbonyl (C=O) groups is 1. The number of nitrogens with one attached hydrogen (secondary N) is 1. The van der Waals surface area contributed by atoms with Gasteiger partial charge in [0.05, 0.1) is 7.11 Å². The average Bonchev–Trinajstić information content (AvgIpc) is 2.68. The summed E-state index contributed by atoms with van der Waals surface area (Å²) in [5, 5.41) is 1.08. The number of aromatic nitrogens is 1. The molecule has 3 heteroatoms. The molecule has 0 unspecified atom stereocenters. The van der Waals surface area contributed by atoms with Crippen LogP contribution in [-0.4, -0.2) is 18.1 Å². The predicted octanol–water partition coefficient (Wildman–Crippen LogP) is 2.57. The van der Waals surface area contributed by atoms with Gasteiger partial charge < -0.3 is 9.72 Å². The number of hydrogen-bond donors (Lipinski definition) is 1. The van der Waals surface area contributed by atoms with Gasteiger partial charge in [0, 0.05) is 10.9 Å². The minimum atomic E-state index is -0.329. The molecule has 0 saturated heterocycles. The molecule has 1 aromatic carbocycles. The minimum Gasteiger partial charge on any atom is -0.464 e. The van der Waals surface area contributed by atoms with Crippen molar-refractivity contribution in [3.05, 3.63) is 35.0 Å². The smallest absolute Gasteiger partial charge is 0.354 e. The number of methoxy groups -OCH3 is 1. The van der Waals surface area contributed by atoms with E-state index in [0.717, 1.165) is 22.0 Å². The van der Waals surface area contributed by atoms with Crippen molar-refractivity contribution in [2.45, 2.75) is 13.8 Å². The van der Waals surface area contributed by atoms with Crippen molar-refractivity contribution in [2.24, 2.45) is 0 Å². The maximum Gasteiger partial charge on any atom is 0.354 e. The molecule has 0 saturated carbocycles. The van der Waals surface area contributed by atoms with E-state index in [9.17, 15) is 4.79 Å². The molecule has 0 atom stereocenters. The van der Waals surface area contributed by atoms with Gasteiger partial charge in [-0.25, -0.2) is 4.79 Å². The van der Waals surface area contributed by atoms with Crippen molar-refractivity contribution in [1.82, 2.24) is 4.98 Å². The third kappa shape index (κ3) is 1.50. The highest BCUT2D eigenvalue weighted by Gasteiger charge is 2.11. The normalized spacial score (nSPS) is 10.6. The van der Waals surface area contributed by atoms with Gasteiger partial charge in [-0.15, -0.1) is 0 Å². The fourth-order valence-electron chi connectivity index (χ4n) is 1.72. The second-order valence-corrected chi connectivity index (χ2v) is 3.66. The molecule has 1 N–H and O–H groups in total. The number of esters is 1. The van der Waals surface area contributed by atoms with Crippen LogP contribution in [-0.2, 0) is 4.74 Å². The highest BCUT2D eigenvalue weighted by molar-refractivity contribution is 5.96. The highest BCUT2D eigenvalue weighted by Crippen LogP contribution is 2.22. The molecular weight excluding hydrogens is 190 g/mol. The number of H-pyrrole nitrogens is 1. The van der Waals surface area contributed by atoms with E-state index in [1.165, 1.54) is 7.11 Å². The molecular formula is C12H13NO2. The molecule has 1 heterocycles. The van der Waals surface area contributed by atoms with Gasteiger partial charge in [0.25, 0.3) is 0 Å². The van der Waals surface area contributed by atoms with Crippen LogP contribution in [0.5, 0.6) is 0 Å². The zero-order valence-corrected chi connectivity index (χ0v) is 9.05. The Morgan fingerprint density at radius 2 is 1.93 bits per heavy atom. The lowest BCUT2D eigenvalue weighted by molar-refractivity contribution is 0.0595. The molecule has 78 valence electrons. The van der Waals surface area contributed by atoms with Gasteiger partial charge in [-0.2, -0.15) is 0 Å². The Labute approximate surface area is 88.1 Å². The fourth-order valence-corrected chi connectivity index (χ4v) is 1.72. The van der Waals surface area contributed by atoms with Crippen LogP contribution in [0.1, 0.15) is 21.6 Å². The van der Waals surface area contributed by atoms with E-state index in [-0.39, 0.29) is 5.97 Å². The maximum absolute atomic E-state index is 11.4. The number of aryl methyl sites for hydroxylation is 2. The summed E-state index contributed by atoms with van der Waals surface area (Å²) in [7, 11) is 1.38. The first-order valence-corrected chi connectivity index (χ1v) is 4.80. The number of benzene rings is 1. The largest absolute Gasteiger partial charge is 0.464 e. The molecule has 0 aliphatic heterocycles. The summed E-state index contributed by atoms with van der Waals surface area (Å²) < 4.78 is 4.68. The molecule has 0 bridgehead atoms. The number of fused-ring (bicyclic) bond motifs is 1. The third-order valence-corrected chi connectivity index (χ3v) is 2.63. The second-order valence-electron chi connectivity index (χ2n) is 3.66. The lowest BCUT2D eigenvalue weighted by atomic mass is 10.1. The molecule has 3 nitrogen and oxygen atoms in total. The number of ether oxygens (including phenoxy) is 1. The van der Waals surface area contributed by atoms with E-state index in [1.807, 2.05) is 32.0 Å². The summed E-state index contributed by atoms with van der Waals surface area (Å²) in [6, 6.07) is 5.92. The summed E-state index contributed by atoms with van der Waals surface area (Å²) >= 11 is 0. The van der Waals surface area contributed by atoms with Crippen LogP contribution in [0.2, 0.25) is 0 Å². The van der Waals surface area contributed by atoms with Crippen molar-refractivity contribution in [3.8, 4) is 0 Å². The topological polar surface area (TPSA) is 42.1 Å². The van der Waals surface area contributed by atoms with E-state index in [1.54, 1.807) is 0 Å². The molecule has 0 radical (unpaired) electrons. The zero-order chi connectivity index (χ0) is 11.0. The number of carbonyl (C=O) groups excluding carboxylic acids is 1. The Morgan fingerprint density at radius 3 is 2.53 bits per heavy atom. The Kier molecular flexibility index (Phi) is 2.23. The molecule has 15 heavy (non-hydrogen) atoms. The van der Waals surface area contributed by atoms with E-state index in [4.69, 9.17) is 0 Å². The number of hydrogen-bond acceptors (Lipinski definition) is 2. The highest BCUT2D eigenvalue weighted by atomic mass is 16.5. The summed E-state index contributed by atoms with van der Waals surface area (Å²) in [5.74, 6) is -0.329. The first-order chi connectivity index (χ1) is 7.13. The van der Waals surface area contributed by atoms with Crippen LogP contribution in [0.25, 0.3) is 10.9 Å². The van der Waals surface area contributed by atoms with Gasteiger partial charge in [-0.05, 0) is 31.0 Å². The molecule has 0 fully saturated rings. The average molecular weight is 203 g/mol. The maximum atomic E-state index is 11.4. The van der Waals surface area contributed by atoms with Crippen LogP contribution in [0.15, 0.2) is 18.2 Å². The monoisotopic (exact) mass is 203 g/mol. The standard InChI is InChI=1S/C12H13NO2/c1-7-4-5-8(2)11-9(7)6-10(13-11)12(14)15-3/h4-6,13H,1-3H3. The van der Waals surface area contributed by atoms with E-state index in [2.05, 4.69) is 9.72 Å². The number of aromatic amines is 1. The Hall–Kier alpha value is -1.77. The van der Waals surface area contributed by atoms with Crippen LogP contribution >= 0.6 is 0 Å². The lowest BCUT2D eigenvalue weighted by Crippen LogP contribution is -2.00. The summed E-state index contributed by atoms with van der Waals surface area (Å²) in [6.07, 6.45) is 0. The van der Waals surface area contributed by atoms with Crippen molar-refractivity contribution in [1.29, 1.82) is 0 Å². The van der Waals surface area contributed by atoms with E-state index >= 15 is 0 Å². The van der Waals surface area contributed by atoms with Gasteiger partial charge in [0.1, 0.15) is 5.69 Å². The summed E-state index contributed by atoms with van der Waals surface area (Å²) in [4.78, 5) is 14.4. The van der Waals surface area contributed by atoms with Crippen molar-refractivity contribution in [2.75, 3.05) is 7.11 Å². The lowest BCUT2D eigenvalue weighted by Gasteiger charge is -1.98. The molecule has 2 aromatic rings. The molecule has 2 rings (SSSR count). The first kappa shape index (κ1) is 9.77. The Morgan fingerprint density at radius 1 is 1.27 bits per heavy atom. The van der Waals surface area contributed by atoms with Crippen LogP contribution in [0.4, 0.5) is 0 Å². The Bertz CT molecular complexity index is 487. The third-order valence-electron chi connectivity index (χ3n) is 2.63. The van der Waals surface area contributed by atoms with Crippen LogP contribution in [0.3, 0.4) is 0 Å². The summed E-state index contributed by atoms with van der Waals surface area (Å²) in [5.41, 5.74) is 3.80. The van der Waals surface area contributed by atoms with Crippen molar-refractivity contribution >= 4 is 16.9 Å².